The van der Waals surface area contributed by atoms with Crippen LogP contribution in [0.5, 0.6) is 0 Å². The molecule has 6 heteroatoms. The molecular formula is C19H19N3O2S. The van der Waals surface area contributed by atoms with Crippen LogP contribution in [0, 0.1) is 0 Å². The molecule has 0 aromatic carbocycles. The lowest BCUT2D eigenvalue weighted by Gasteiger charge is -2.25. The van der Waals surface area contributed by atoms with Crippen LogP contribution in [0.4, 0.5) is 0 Å². The molecule has 3 aromatic heterocycles. The Morgan fingerprint density at radius 2 is 2.28 bits per heavy atom. The van der Waals surface area contributed by atoms with E-state index in [2.05, 4.69) is 21.4 Å². The molecule has 0 spiro atoms. The summed E-state index contributed by atoms with van der Waals surface area (Å²) in [6.45, 7) is 1.95. The van der Waals surface area contributed by atoms with Crippen molar-refractivity contribution in [1.29, 1.82) is 0 Å². The van der Waals surface area contributed by atoms with Crippen LogP contribution in [0.25, 0.3) is 11.0 Å². The van der Waals surface area contributed by atoms with Crippen LogP contribution in [0.1, 0.15) is 28.9 Å². The number of hydrogen-bond acceptors (Lipinski definition) is 5. The Bertz CT molecular complexity index is 860. The van der Waals surface area contributed by atoms with Gasteiger partial charge in [-0.05, 0) is 59.5 Å². The first-order valence-corrected chi connectivity index (χ1v) is 9.37. The molecule has 25 heavy (non-hydrogen) atoms. The number of thiophene rings is 1. The van der Waals surface area contributed by atoms with E-state index in [0.717, 1.165) is 30.4 Å². The van der Waals surface area contributed by atoms with Crippen LogP contribution in [0.3, 0.4) is 0 Å². The highest BCUT2D eigenvalue weighted by atomic mass is 32.1. The average molecular weight is 353 g/mol. The zero-order valence-corrected chi connectivity index (χ0v) is 14.6. The molecule has 1 fully saturated rings. The molecule has 1 atom stereocenters. The van der Waals surface area contributed by atoms with Crippen LogP contribution in [0.15, 0.2) is 47.3 Å². The van der Waals surface area contributed by atoms with Gasteiger partial charge in [0, 0.05) is 31.3 Å². The zero-order valence-electron chi connectivity index (χ0n) is 13.8. The van der Waals surface area contributed by atoms with Crippen molar-refractivity contribution in [2.45, 2.75) is 25.5 Å². The fourth-order valence-corrected chi connectivity index (χ4v) is 3.75. The minimum absolute atomic E-state index is 0.0748. The first kappa shape index (κ1) is 16.2. The lowest BCUT2D eigenvalue weighted by atomic mass is 10.2. The van der Waals surface area contributed by atoms with Crippen molar-refractivity contribution in [1.82, 2.24) is 14.9 Å². The lowest BCUT2D eigenvalue weighted by molar-refractivity contribution is 0.0503. The van der Waals surface area contributed by atoms with Gasteiger partial charge in [0.05, 0.1) is 6.10 Å². The molecule has 0 N–H and O–H groups in total. The number of rotatable bonds is 5. The smallest absolute Gasteiger partial charge is 0.272 e. The average Bonchev–Trinajstić information content (AvgIpc) is 3.34. The predicted octanol–water partition coefficient (Wildman–Crippen LogP) is 3.51. The minimum Gasteiger partial charge on any atom is -0.376 e. The molecule has 0 unspecified atom stereocenters. The van der Waals surface area contributed by atoms with Crippen molar-refractivity contribution in [3.63, 3.8) is 0 Å². The molecule has 128 valence electrons. The van der Waals surface area contributed by atoms with Gasteiger partial charge in [-0.25, -0.2) is 9.97 Å². The maximum atomic E-state index is 13.1. The van der Waals surface area contributed by atoms with Gasteiger partial charge < -0.3 is 9.64 Å². The highest BCUT2D eigenvalue weighted by Gasteiger charge is 2.24. The summed E-state index contributed by atoms with van der Waals surface area (Å²) in [5, 5.41) is 5.04. The third kappa shape index (κ3) is 3.70. The lowest BCUT2D eigenvalue weighted by Crippen LogP contribution is -2.37. The topological polar surface area (TPSA) is 55.3 Å². The Balaban J connectivity index is 1.60. The third-order valence-corrected chi connectivity index (χ3v) is 5.10. The van der Waals surface area contributed by atoms with E-state index in [9.17, 15) is 4.79 Å². The van der Waals surface area contributed by atoms with Crippen molar-refractivity contribution in [2.75, 3.05) is 13.2 Å². The minimum atomic E-state index is -0.0748. The van der Waals surface area contributed by atoms with E-state index in [1.54, 1.807) is 23.6 Å². The number of pyridine rings is 2. The Kier molecular flexibility index (Phi) is 4.72. The SMILES string of the molecule is O=C(c1ccc2cccnc2n1)N(Cc1ccsc1)C[C@@H]1CCCO1. The first-order valence-electron chi connectivity index (χ1n) is 8.43. The van der Waals surface area contributed by atoms with Crippen molar-refractivity contribution in [3.8, 4) is 0 Å². The van der Waals surface area contributed by atoms with Gasteiger partial charge in [0.25, 0.3) is 5.91 Å². The molecule has 0 aliphatic carbocycles. The van der Waals surface area contributed by atoms with E-state index < -0.39 is 0 Å². The molecule has 0 bridgehead atoms. The second-order valence-corrected chi connectivity index (χ2v) is 6.98. The first-order chi connectivity index (χ1) is 12.3. The number of ether oxygens (including phenoxy) is 1. The summed E-state index contributed by atoms with van der Waals surface area (Å²) in [6, 6.07) is 9.54. The molecule has 1 amide bonds. The molecule has 1 aliphatic heterocycles. The third-order valence-electron chi connectivity index (χ3n) is 4.37. The Morgan fingerprint density at radius 1 is 1.32 bits per heavy atom. The molecule has 4 rings (SSSR count). The van der Waals surface area contributed by atoms with E-state index in [1.807, 2.05) is 28.5 Å². The standard InChI is InChI=1S/C19H19N3O2S/c23-19(17-6-5-15-3-1-8-20-18(15)21-17)22(11-14-7-10-25-13-14)12-16-4-2-9-24-16/h1,3,5-8,10,13,16H,2,4,9,11-12H2/t16-/m0/s1. The second kappa shape index (κ2) is 7.29. The number of hydrogen-bond donors (Lipinski definition) is 0. The van der Waals surface area contributed by atoms with E-state index in [-0.39, 0.29) is 12.0 Å². The van der Waals surface area contributed by atoms with Gasteiger partial charge in [0.2, 0.25) is 0 Å². The van der Waals surface area contributed by atoms with Gasteiger partial charge in [0.15, 0.2) is 5.65 Å². The van der Waals surface area contributed by atoms with Crippen LogP contribution in [-0.2, 0) is 11.3 Å². The Hall–Kier alpha value is -2.31. The molecule has 4 heterocycles. The summed E-state index contributed by atoms with van der Waals surface area (Å²) < 4.78 is 5.73. The van der Waals surface area contributed by atoms with Crippen LogP contribution < -0.4 is 0 Å². The summed E-state index contributed by atoms with van der Waals surface area (Å²) in [6.07, 6.45) is 3.86. The van der Waals surface area contributed by atoms with Crippen LogP contribution in [0.2, 0.25) is 0 Å². The molecular weight excluding hydrogens is 334 g/mol. The molecule has 3 aromatic rings. The largest absolute Gasteiger partial charge is 0.376 e. The number of carbonyl (C=O) groups excluding carboxylic acids is 1. The number of amides is 1. The van der Waals surface area contributed by atoms with Gasteiger partial charge in [0.1, 0.15) is 5.69 Å². The van der Waals surface area contributed by atoms with E-state index in [4.69, 9.17) is 4.74 Å². The quantitative estimate of drug-likeness (QED) is 0.704. The fourth-order valence-electron chi connectivity index (χ4n) is 3.09. The van der Waals surface area contributed by atoms with Crippen molar-refractivity contribution < 1.29 is 9.53 Å². The Labute approximate surface area is 150 Å². The summed E-state index contributed by atoms with van der Waals surface area (Å²) in [5.74, 6) is -0.0748. The molecule has 5 nitrogen and oxygen atoms in total. The number of carbonyl (C=O) groups is 1. The maximum absolute atomic E-state index is 13.1. The highest BCUT2D eigenvalue weighted by Crippen LogP contribution is 2.19. The van der Waals surface area contributed by atoms with Crippen LogP contribution >= 0.6 is 11.3 Å². The second-order valence-electron chi connectivity index (χ2n) is 6.20. The fraction of sp³-hybridized carbons (Fsp3) is 0.316. The summed E-state index contributed by atoms with van der Waals surface area (Å²) in [4.78, 5) is 23.6. The van der Waals surface area contributed by atoms with Gasteiger partial charge in [-0.1, -0.05) is 0 Å². The number of fused-ring (bicyclic) bond motifs is 1. The monoisotopic (exact) mass is 353 g/mol. The van der Waals surface area contributed by atoms with Gasteiger partial charge >= 0.3 is 0 Å². The number of nitrogens with zero attached hydrogens (tertiary/aromatic N) is 3. The van der Waals surface area contributed by atoms with E-state index in [1.165, 1.54) is 0 Å². The van der Waals surface area contributed by atoms with Crippen molar-refractivity contribution in [2.24, 2.45) is 0 Å². The molecule has 0 saturated carbocycles. The maximum Gasteiger partial charge on any atom is 0.272 e. The summed E-state index contributed by atoms with van der Waals surface area (Å²) >= 11 is 1.64. The predicted molar refractivity (Wildman–Crippen MR) is 97.6 cm³/mol. The number of aromatic nitrogens is 2. The molecule has 1 saturated heterocycles. The van der Waals surface area contributed by atoms with E-state index in [0.29, 0.717) is 24.4 Å². The molecule has 0 radical (unpaired) electrons. The van der Waals surface area contributed by atoms with Crippen molar-refractivity contribution >= 4 is 28.3 Å². The highest BCUT2D eigenvalue weighted by molar-refractivity contribution is 7.07. The van der Waals surface area contributed by atoms with Crippen LogP contribution in [-0.4, -0.2) is 40.0 Å². The summed E-state index contributed by atoms with van der Waals surface area (Å²) in [7, 11) is 0. The zero-order chi connectivity index (χ0) is 17.1. The molecule has 1 aliphatic rings. The van der Waals surface area contributed by atoms with Gasteiger partial charge in [-0.3, -0.25) is 4.79 Å². The van der Waals surface area contributed by atoms with Crippen molar-refractivity contribution in [3.05, 3.63) is 58.5 Å². The van der Waals surface area contributed by atoms with Gasteiger partial charge in [-0.2, -0.15) is 11.3 Å². The van der Waals surface area contributed by atoms with Gasteiger partial charge in [-0.15, -0.1) is 0 Å². The Morgan fingerprint density at radius 3 is 3.08 bits per heavy atom. The van der Waals surface area contributed by atoms with E-state index >= 15 is 0 Å². The summed E-state index contributed by atoms with van der Waals surface area (Å²) in [5.41, 5.74) is 2.16. The normalized spacial score (nSPS) is 17.0.